The molecule has 0 N–H and O–H groups in total. The van der Waals surface area contributed by atoms with Gasteiger partial charge in [0.2, 0.25) is 0 Å². The molecule has 0 atom stereocenters. The first kappa shape index (κ1) is 26.4. The van der Waals surface area contributed by atoms with Crippen molar-refractivity contribution in [2.24, 2.45) is 0 Å². The van der Waals surface area contributed by atoms with Crippen molar-refractivity contribution in [1.82, 2.24) is 0 Å². The smallest absolute Gasteiger partial charge is 0.207 e. The molecule has 2 aromatic rings. The molecule has 0 bridgehead atoms. The highest BCUT2D eigenvalue weighted by Crippen LogP contribution is 2.32. The largest absolute Gasteiger partial charge is 0.252 e. The molecule has 0 aromatic heterocycles. The summed E-state index contributed by atoms with van der Waals surface area (Å²) in [6, 6.07) is 10.2. The second-order valence-corrected chi connectivity index (χ2v) is 8.96. The molecular formula is C28H38F4. The summed E-state index contributed by atoms with van der Waals surface area (Å²) >= 11 is 0. The first-order chi connectivity index (χ1) is 15.4. The van der Waals surface area contributed by atoms with Crippen LogP contribution < -0.4 is 0 Å². The molecule has 0 aliphatic carbocycles. The Morgan fingerprint density at radius 1 is 0.656 bits per heavy atom. The number of hydrogen-bond donors (Lipinski definition) is 0. The van der Waals surface area contributed by atoms with E-state index < -0.39 is 24.0 Å². The maximum Gasteiger partial charge on any atom is 0.252 e. The maximum absolute atomic E-state index is 14.7. The number of alkyl halides is 2. The third-order valence-electron chi connectivity index (χ3n) is 6.09. The van der Waals surface area contributed by atoms with Crippen molar-refractivity contribution in [3.05, 3.63) is 59.2 Å². The normalized spacial score (nSPS) is 11.8. The summed E-state index contributed by atoms with van der Waals surface area (Å²) in [7, 11) is 0. The Kier molecular flexibility index (Phi) is 11.3. The fraction of sp³-hybridized carbons (Fsp3) is 0.571. The van der Waals surface area contributed by atoms with E-state index in [9.17, 15) is 17.6 Å². The first-order valence-electron chi connectivity index (χ1n) is 12.3. The van der Waals surface area contributed by atoms with E-state index in [2.05, 4.69) is 6.92 Å². The highest BCUT2D eigenvalue weighted by molar-refractivity contribution is 5.65. The number of aryl methyl sites for hydroxylation is 1. The van der Waals surface area contributed by atoms with E-state index in [0.29, 0.717) is 12.0 Å². The topological polar surface area (TPSA) is 0 Å². The van der Waals surface area contributed by atoms with Gasteiger partial charge in [-0.25, -0.2) is 17.6 Å². The molecule has 2 rings (SSSR count). The molecule has 0 aliphatic heterocycles. The van der Waals surface area contributed by atoms with Crippen molar-refractivity contribution in [3.8, 4) is 11.1 Å². The van der Waals surface area contributed by atoms with E-state index in [1.54, 1.807) is 12.1 Å². The van der Waals surface area contributed by atoms with Crippen LogP contribution in [0.2, 0.25) is 0 Å². The lowest BCUT2D eigenvalue weighted by Gasteiger charge is -2.17. The van der Waals surface area contributed by atoms with Crippen molar-refractivity contribution in [3.63, 3.8) is 0 Å². The highest BCUT2D eigenvalue weighted by atomic mass is 19.3. The van der Waals surface area contributed by atoms with Crippen LogP contribution in [-0.2, 0) is 12.8 Å². The summed E-state index contributed by atoms with van der Waals surface area (Å²) in [5.41, 5.74) is 1.59. The lowest BCUT2D eigenvalue weighted by Crippen LogP contribution is -2.20. The maximum atomic E-state index is 14.7. The van der Waals surface area contributed by atoms with Gasteiger partial charge < -0.3 is 0 Å². The van der Waals surface area contributed by atoms with Crippen molar-refractivity contribution >= 4 is 0 Å². The predicted molar refractivity (Wildman–Crippen MR) is 126 cm³/mol. The molecule has 0 unspecified atom stereocenters. The first-order valence-corrected chi connectivity index (χ1v) is 12.3. The summed E-state index contributed by atoms with van der Waals surface area (Å²) < 4.78 is 57.7. The summed E-state index contributed by atoms with van der Waals surface area (Å²) in [5, 5.41) is 0. The summed E-state index contributed by atoms with van der Waals surface area (Å²) in [5.74, 6) is -5.24. The average molecular weight is 451 g/mol. The Morgan fingerprint density at radius 3 is 1.91 bits per heavy atom. The molecule has 0 aliphatic rings. The van der Waals surface area contributed by atoms with E-state index in [1.807, 2.05) is 19.1 Å². The number of hydrogen-bond acceptors (Lipinski definition) is 0. The van der Waals surface area contributed by atoms with Gasteiger partial charge in [-0.05, 0) is 36.0 Å². The van der Waals surface area contributed by atoms with Crippen molar-refractivity contribution in [2.75, 3.05) is 0 Å². The van der Waals surface area contributed by atoms with Gasteiger partial charge >= 0.3 is 0 Å². The standard InChI is InChI=1S/C28H38F4/c1-3-5-7-9-10-11-13-22-14-16-23(17-15-22)25-19-18-24(26(29)27(25)30)21-28(31,32)20-12-8-6-4-2/h14-19H,3-13,20-21H2,1-2H3. The van der Waals surface area contributed by atoms with Crippen molar-refractivity contribution in [1.29, 1.82) is 0 Å². The summed E-state index contributed by atoms with van der Waals surface area (Å²) in [6.07, 6.45) is 10.3. The van der Waals surface area contributed by atoms with Crippen LogP contribution in [0.3, 0.4) is 0 Å². The molecule has 0 spiro atoms. The Balaban J connectivity index is 1.97. The van der Waals surface area contributed by atoms with Crippen LogP contribution in [-0.4, -0.2) is 5.92 Å². The summed E-state index contributed by atoms with van der Waals surface area (Å²) in [6.45, 7) is 4.22. The molecule has 0 heterocycles. The molecule has 0 amide bonds. The second-order valence-electron chi connectivity index (χ2n) is 8.96. The Labute approximate surface area is 191 Å². The number of benzene rings is 2. The van der Waals surface area contributed by atoms with Crippen LogP contribution in [0.25, 0.3) is 11.1 Å². The van der Waals surface area contributed by atoms with E-state index in [-0.39, 0.29) is 17.5 Å². The highest BCUT2D eigenvalue weighted by Gasteiger charge is 2.30. The van der Waals surface area contributed by atoms with Crippen LogP contribution in [0.4, 0.5) is 17.6 Å². The van der Waals surface area contributed by atoms with Gasteiger partial charge in [-0.1, -0.05) is 102 Å². The molecule has 32 heavy (non-hydrogen) atoms. The quantitative estimate of drug-likeness (QED) is 0.187. The molecule has 2 aromatic carbocycles. The predicted octanol–water partition coefficient (Wildman–Crippen LogP) is 9.68. The molecule has 4 heteroatoms. The van der Waals surface area contributed by atoms with E-state index in [1.165, 1.54) is 49.8 Å². The zero-order chi connectivity index (χ0) is 23.4. The fourth-order valence-electron chi connectivity index (χ4n) is 4.09. The van der Waals surface area contributed by atoms with Gasteiger partial charge in [-0.2, -0.15) is 0 Å². The minimum Gasteiger partial charge on any atom is -0.207 e. The number of rotatable bonds is 15. The van der Waals surface area contributed by atoms with E-state index in [0.717, 1.165) is 32.1 Å². The minimum atomic E-state index is -3.03. The lowest BCUT2D eigenvalue weighted by molar-refractivity contribution is -0.0103. The van der Waals surface area contributed by atoms with Gasteiger partial charge in [0.25, 0.3) is 5.92 Å². The van der Waals surface area contributed by atoms with Crippen LogP contribution >= 0.6 is 0 Å². The van der Waals surface area contributed by atoms with Crippen molar-refractivity contribution in [2.45, 2.75) is 103 Å². The fourth-order valence-corrected chi connectivity index (χ4v) is 4.09. The third kappa shape index (κ3) is 8.60. The van der Waals surface area contributed by atoms with Gasteiger partial charge in [0.05, 0.1) is 0 Å². The molecule has 0 fully saturated rings. The zero-order valence-corrected chi connectivity index (χ0v) is 19.7. The minimum absolute atomic E-state index is 0.114. The van der Waals surface area contributed by atoms with E-state index in [4.69, 9.17) is 0 Å². The molecule has 0 nitrogen and oxygen atoms in total. The SMILES string of the molecule is CCCCCCCCc1ccc(-c2ccc(CC(F)(F)CCCCCC)c(F)c2F)cc1. The Hall–Kier alpha value is -1.84. The second kappa shape index (κ2) is 13.6. The van der Waals surface area contributed by atoms with Gasteiger partial charge in [0, 0.05) is 18.4 Å². The van der Waals surface area contributed by atoms with Crippen LogP contribution in [0.15, 0.2) is 36.4 Å². The van der Waals surface area contributed by atoms with Gasteiger partial charge in [-0.3, -0.25) is 0 Å². The zero-order valence-electron chi connectivity index (χ0n) is 19.7. The Morgan fingerprint density at radius 2 is 1.25 bits per heavy atom. The lowest BCUT2D eigenvalue weighted by atomic mass is 9.96. The molecule has 0 radical (unpaired) electrons. The average Bonchev–Trinajstić information content (AvgIpc) is 2.77. The van der Waals surface area contributed by atoms with Gasteiger partial charge in [0.15, 0.2) is 11.6 Å². The van der Waals surface area contributed by atoms with Crippen LogP contribution in [0.1, 0.15) is 95.6 Å². The van der Waals surface area contributed by atoms with Gasteiger partial charge in [0.1, 0.15) is 0 Å². The molecule has 0 saturated carbocycles. The molecule has 0 saturated heterocycles. The monoisotopic (exact) mass is 450 g/mol. The van der Waals surface area contributed by atoms with Gasteiger partial charge in [-0.15, -0.1) is 0 Å². The van der Waals surface area contributed by atoms with Crippen LogP contribution in [0, 0.1) is 11.6 Å². The van der Waals surface area contributed by atoms with Crippen LogP contribution in [0.5, 0.6) is 0 Å². The van der Waals surface area contributed by atoms with Crippen molar-refractivity contribution < 1.29 is 17.6 Å². The Bertz CT molecular complexity index is 796. The van der Waals surface area contributed by atoms with E-state index >= 15 is 0 Å². The number of unbranched alkanes of at least 4 members (excludes halogenated alkanes) is 8. The molecule has 178 valence electrons. The third-order valence-corrected chi connectivity index (χ3v) is 6.09. The summed E-state index contributed by atoms with van der Waals surface area (Å²) in [4.78, 5) is 0. The number of halogens is 4. The molecular weight excluding hydrogens is 412 g/mol.